The average Bonchev–Trinajstić information content (AvgIpc) is 2.88. The lowest BCUT2D eigenvalue weighted by Gasteiger charge is -2.33. The van der Waals surface area contributed by atoms with Crippen LogP contribution in [-0.4, -0.2) is 59.4 Å². The molecule has 1 unspecified atom stereocenters. The minimum absolute atomic E-state index is 0.0391. The largest absolute Gasteiger partial charge is 0.508 e. The van der Waals surface area contributed by atoms with Crippen molar-refractivity contribution in [3.8, 4) is 23.0 Å². The lowest BCUT2D eigenvalue weighted by atomic mass is 9.94. The molecule has 4 aromatic rings. The van der Waals surface area contributed by atoms with Crippen molar-refractivity contribution in [1.29, 1.82) is 0 Å². The molecule has 0 bridgehead atoms. The molecule has 1 N–H and O–H groups in total. The second-order valence-electron chi connectivity index (χ2n) is 8.38. The van der Waals surface area contributed by atoms with Gasteiger partial charge in [-0.15, -0.1) is 0 Å². The third kappa shape index (κ3) is 4.02. The average molecular weight is 502 g/mol. The Balaban J connectivity index is 1.74. The first-order chi connectivity index (χ1) is 17.3. The molecule has 0 amide bonds. The normalized spacial score (nSPS) is 16.3. The molecule has 5 rings (SSSR count). The second-order valence-corrected chi connectivity index (χ2v) is 8.38. The Bertz CT molecular complexity index is 1470. The molecule has 188 valence electrons. The highest BCUT2D eigenvalue weighted by atomic mass is 19.3. The number of fused-ring (bicyclic) bond motifs is 2. The maximum absolute atomic E-state index is 16.1. The highest BCUT2D eigenvalue weighted by molar-refractivity contribution is 6.01. The maximum atomic E-state index is 16.1. The van der Waals surface area contributed by atoms with Crippen molar-refractivity contribution in [3.63, 3.8) is 0 Å². The van der Waals surface area contributed by atoms with Crippen molar-refractivity contribution >= 4 is 27.5 Å². The van der Waals surface area contributed by atoms with E-state index in [-0.39, 0.29) is 59.4 Å². The fraction of sp³-hybridized carbons (Fsp3) is 0.320. The first kappa shape index (κ1) is 24.0. The zero-order valence-electron chi connectivity index (χ0n) is 19.4. The van der Waals surface area contributed by atoms with Gasteiger partial charge in [0.2, 0.25) is 0 Å². The monoisotopic (exact) mass is 502 g/mol. The summed E-state index contributed by atoms with van der Waals surface area (Å²) in [5.74, 6) is -1.25. The van der Waals surface area contributed by atoms with Crippen molar-refractivity contribution in [2.45, 2.75) is 25.9 Å². The summed E-state index contributed by atoms with van der Waals surface area (Å²) in [7, 11) is 1.31. The molecule has 1 saturated heterocycles. The van der Waals surface area contributed by atoms with E-state index >= 15 is 4.39 Å². The Hall–Kier alpha value is -3.73. The van der Waals surface area contributed by atoms with Crippen LogP contribution in [0.15, 0.2) is 30.5 Å². The van der Waals surface area contributed by atoms with Gasteiger partial charge in [0, 0.05) is 18.3 Å². The van der Waals surface area contributed by atoms with Gasteiger partial charge >= 0.3 is 6.01 Å². The van der Waals surface area contributed by atoms with E-state index in [1.807, 2.05) is 0 Å². The van der Waals surface area contributed by atoms with E-state index in [9.17, 15) is 18.3 Å². The van der Waals surface area contributed by atoms with E-state index in [4.69, 9.17) is 9.47 Å². The summed E-state index contributed by atoms with van der Waals surface area (Å²) in [4.78, 5) is 14.3. The predicted octanol–water partition coefficient (Wildman–Crippen LogP) is 4.87. The molecule has 1 fully saturated rings. The molecule has 36 heavy (non-hydrogen) atoms. The number of nitrogens with zero attached hydrogens (tertiary/aromatic N) is 4. The van der Waals surface area contributed by atoms with Crippen LogP contribution < -0.4 is 9.64 Å². The number of anilines is 1. The van der Waals surface area contributed by atoms with E-state index in [0.717, 1.165) is 0 Å². The molecule has 0 saturated carbocycles. The van der Waals surface area contributed by atoms with Gasteiger partial charge in [0.05, 0.1) is 25.6 Å². The second kappa shape index (κ2) is 9.38. The van der Waals surface area contributed by atoms with Gasteiger partial charge < -0.3 is 19.5 Å². The van der Waals surface area contributed by atoms with Crippen LogP contribution in [-0.2, 0) is 11.2 Å². The number of aryl methyl sites for hydroxylation is 1. The molecule has 1 aliphatic heterocycles. The zero-order valence-corrected chi connectivity index (χ0v) is 19.4. The number of phenolic OH excluding ortho intramolecular Hbond substituents is 1. The van der Waals surface area contributed by atoms with Crippen LogP contribution in [0.4, 0.5) is 23.4 Å². The molecule has 1 aliphatic rings. The van der Waals surface area contributed by atoms with Gasteiger partial charge in [-0.3, -0.25) is 4.98 Å². The molecule has 0 radical (unpaired) electrons. The van der Waals surface area contributed by atoms with Gasteiger partial charge in [0.1, 0.15) is 34.7 Å². The summed E-state index contributed by atoms with van der Waals surface area (Å²) < 4.78 is 67.6. The minimum Gasteiger partial charge on any atom is -0.508 e. The summed E-state index contributed by atoms with van der Waals surface area (Å²) in [6, 6.07) is 5.44. The number of benzene rings is 2. The summed E-state index contributed by atoms with van der Waals surface area (Å²) in [5.41, 5.74) is 0.260. The summed E-state index contributed by atoms with van der Waals surface area (Å²) >= 11 is 0. The Morgan fingerprint density at radius 1 is 1.22 bits per heavy atom. The topological polar surface area (TPSA) is 80.6 Å². The molecular formula is C25H22F4N4O3. The fourth-order valence-electron chi connectivity index (χ4n) is 4.59. The van der Waals surface area contributed by atoms with Crippen LogP contribution in [0.3, 0.4) is 0 Å². The van der Waals surface area contributed by atoms with Crippen LogP contribution in [0, 0.1) is 11.6 Å². The van der Waals surface area contributed by atoms with Crippen molar-refractivity contribution in [2.24, 2.45) is 0 Å². The number of ether oxygens (including phenoxy) is 2. The number of hydrogen-bond acceptors (Lipinski definition) is 7. The smallest absolute Gasteiger partial charge is 0.318 e. The molecule has 0 spiro atoms. The summed E-state index contributed by atoms with van der Waals surface area (Å²) in [6.45, 7) is 1.90. The van der Waals surface area contributed by atoms with Crippen LogP contribution in [0.25, 0.3) is 32.9 Å². The number of aromatic nitrogens is 3. The minimum atomic E-state index is -2.70. The summed E-state index contributed by atoms with van der Waals surface area (Å²) in [6.07, 6.45) is -2.35. The Morgan fingerprint density at radius 3 is 2.75 bits per heavy atom. The highest BCUT2D eigenvalue weighted by Gasteiger charge is 2.31. The van der Waals surface area contributed by atoms with Gasteiger partial charge in [-0.05, 0) is 41.0 Å². The first-order valence-electron chi connectivity index (χ1n) is 11.3. The van der Waals surface area contributed by atoms with Crippen LogP contribution in [0.2, 0.25) is 0 Å². The number of pyridine rings is 1. The number of alkyl halides is 2. The molecule has 0 aliphatic carbocycles. The molecule has 7 nitrogen and oxygen atoms in total. The zero-order chi connectivity index (χ0) is 25.6. The summed E-state index contributed by atoms with van der Waals surface area (Å²) in [5, 5.41) is 11.5. The van der Waals surface area contributed by atoms with Crippen LogP contribution in [0.5, 0.6) is 11.8 Å². The SMILES string of the molecule is CCc1c(F)ccc2cc(O)cc(-c3ncc4c(N5CCOC(C(F)F)C5)nc(OC)nc4c3F)c12. The van der Waals surface area contributed by atoms with E-state index in [2.05, 4.69) is 15.0 Å². The number of methoxy groups -OCH3 is 1. The Kier molecular flexibility index (Phi) is 6.25. The quantitative estimate of drug-likeness (QED) is 0.390. The molecule has 2 aromatic carbocycles. The number of morpholine rings is 1. The van der Waals surface area contributed by atoms with E-state index in [1.54, 1.807) is 11.8 Å². The van der Waals surface area contributed by atoms with E-state index in [0.29, 0.717) is 22.8 Å². The number of aromatic hydroxyl groups is 1. The third-order valence-corrected chi connectivity index (χ3v) is 6.26. The number of phenols is 1. The van der Waals surface area contributed by atoms with E-state index in [1.165, 1.54) is 37.6 Å². The Morgan fingerprint density at radius 2 is 2.03 bits per heavy atom. The number of rotatable bonds is 5. The molecule has 1 atom stereocenters. The van der Waals surface area contributed by atoms with E-state index < -0.39 is 24.2 Å². The molecular weight excluding hydrogens is 480 g/mol. The van der Waals surface area contributed by atoms with Crippen molar-refractivity contribution in [1.82, 2.24) is 15.0 Å². The maximum Gasteiger partial charge on any atom is 0.318 e. The van der Waals surface area contributed by atoms with Gasteiger partial charge in [-0.25, -0.2) is 17.6 Å². The van der Waals surface area contributed by atoms with Crippen molar-refractivity contribution in [2.75, 3.05) is 31.7 Å². The molecule has 2 aromatic heterocycles. The standard InChI is InChI=1S/C25H22F4N4O3/c1-3-14-17(26)5-4-12-8-13(34)9-15(19(12)14)21-20(27)22-16(10-30-21)24(32-25(31-22)35-2)33-6-7-36-18(11-33)23(28)29/h4-5,8-10,18,23,34H,3,6-7,11H2,1-2H3. The molecule has 3 heterocycles. The van der Waals surface area contributed by atoms with Crippen molar-refractivity contribution < 1.29 is 32.1 Å². The fourth-order valence-corrected chi connectivity index (χ4v) is 4.59. The van der Waals surface area contributed by atoms with Crippen LogP contribution in [0.1, 0.15) is 12.5 Å². The van der Waals surface area contributed by atoms with Gasteiger partial charge in [0.15, 0.2) is 5.82 Å². The highest BCUT2D eigenvalue weighted by Crippen LogP contribution is 2.39. The van der Waals surface area contributed by atoms with Gasteiger partial charge in [-0.2, -0.15) is 9.97 Å². The van der Waals surface area contributed by atoms with Gasteiger partial charge in [-0.1, -0.05) is 13.0 Å². The first-order valence-corrected chi connectivity index (χ1v) is 11.3. The Labute approximate surface area is 203 Å². The van der Waals surface area contributed by atoms with Crippen LogP contribution >= 0.6 is 0 Å². The lowest BCUT2D eigenvalue weighted by Crippen LogP contribution is -2.46. The van der Waals surface area contributed by atoms with Crippen molar-refractivity contribution in [3.05, 3.63) is 47.7 Å². The lowest BCUT2D eigenvalue weighted by molar-refractivity contribution is -0.0615. The predicted molar refractivity (Wildman–Crippen MR) is 126 cm³/mol. The number of hydrogen-bond donors (Lipinski definition) is 1. The van der Waals surface area contributed by atoms with Gasteiger partial charge in [0.25, 0.3) is 6.43 Å². The number of halogens is 4. The molecule has 11 heteroatoms. The third-order valence-electron chi connectivity index (χ3n) is 6.26.